The number of carbonyl (C=O) groups is 1. The summed E-state index contributed by atoms with van der Waals surface area (Å²) in [7, 11) is 5.30. The molecule has 0 saturated carbocycles. The lowest BCUT2D eigenvalue weighted by Crippen LogP contribution is -2.18. The van der Waals surface area contributed by atoms with Gasteiger partial charge < -0.3 is 34.3 Å². The van der Waals surface area contributed by atoms with Crippen LogP contribution in [0.2, 0.25) is 0 Å². The number of rotatable bonds is 7. The maximum Gasteiger partial charge on any atom is 0.232 e. The van der Waals surface area contributed by atoms with Gasteiger partial charge in [-0.05, 0) is 18.7 Å². The lowest BCUT2D eigenvalue weighted by Gasteiger charge is -2.25. The number of phenolic OH excluding ortho intramolecular Hbond substituents is 2. The Kier molecular flexibility index (Phi) is 6.03. The number of aliphatic hydroxyl groups is 1. The molecule has 0 heterocycles. The van der Waals surface area contributed by atoms with Crippen LogP contribution in [0.4, 0.5) is 0 Å². The molecule has 10 heteroatoms. The highest BCUT2D eigenvalue weighted by molar-refractivity contribution is 6.38. The van der Waals surface area contributed by atoms with Gasteiger partial charge >= 0.3 is 0 Å². The minimum Gasteiger partial charge on any atom is -0.507 e. The van der Waals surface area contributed by atoms with Gasteiger partial charge in [0, 0.05) is 50.2 Å². The number of ketones is 1. The molecule has 202 valence electrons. The van der Waals surface area contributed by atoms with E-state index in [1.165, 1.54) is 47.5 Å². The minimum absolute atomic E-state index is 0.0523. The molecule has 39 heavy (non-hydrogen) atoms. The highest BCUT2D eigenvalue weighted by Gasteiger charge is 2.34. The van der Waals surface area contributed by atoms with Crippen LogP contribution in [0.25, 0.3) is 43.1 Å². The molecule has 3 N–H and O–H groups in total. The van der Waals surface area contributed by atoms with Crippen LogP contribution in [0, 0.1) is 0 Å². The summed E-state index contributed by atoms with van der Waals surface area (Å²) in [5.41, 5.74) is -1.07. The number of aryl methyl sites for hydroxylation is 1. The molecule has 5 aromatic carbocycles. The third-order valence-corrected chi connectivity index (χ3v) is 7.36. The zero-order valence-corrected chi connectivity index (χ0v) is 22.1. The molecule has 0 bridgehead atoms. The van der Waals surface area contributed by atoms with Gasteiger partial charge in [0.15, 0.2) is 17.3 Å². The van der Waals surface area contributed by atoms with E-state index < -0.39 is 28.5 Å². The molecule has 0 aliphatic carbocycles. The van der Waals surface area contributed by atoms with E-state index in [1.54, 1.807) is 6.92 Å². The predicted molar refractivity (Wildman–Crippen MR) is 146 cm³/mol. The molecule has 5 rings (SSSR count). The van der Waals surface area contributed by atoms with Gasteiger partial charge in [-0.25, -0.2) is 0 Å². The third kappa shape index (κ3) is 3.21. The number of methoxy groups -OCH3 is 4. The zero-order valence-electron chi connectivity index (χ0n) is 22.1. The van der Waals surface area contributed by atoms with E-state index >= 15 is 0 Å². The predicted octanol–water partition coefficient (Wildman–Crippen LogP) is 3.53. The first-order valence-corrected chi connectivity index (χ1v) is 12.1. The number of aliphatic hydroxyl groups excluding tert-OH is 1. The van der Waals surface area contributed by atoms with E-state index in [4.69, 9.17) is 18.9 Å². The molecule has 5 aromatic rings. The van der Waals surface area contributed by atoms with Gasteiger partial charge in [0.05, 0.1) is 39.2 Å². The number of carbonyl (C=O) groups excluding carboxylic acids is 1. The van der Waals surface area contributed by atoms with Crippen molar-refractivity contribution >= 4 is 48.9 Å². The van der Waals surface area contributed by atoms with Gasteiger partial charge in [-0.2, -0.15) is 0 Å². The van der Waals surface area contributed by atoms with E-state index in [2.05, 4.69) is 0 Å². The second kappa shape index (κ2) is 9.02. The number of hydrogen-bond acceptors (Lipinski definition) is 10. The molecule has 0 fully saturated rings. The second-order valence-electron chi connectivity index (χ2n) is 9.18. The summed E-state index contributed by atoms with van der Waals surface area (Å²) in [5, 5.41) is 34.6. The normalized spacial score (nSPS) is 12.5. The highest BCUT2D eigenvalue weighted by Crippen LogP contribution is 2.54. The summed E-state index contributed by atoms with van der Waals surface area (Å²) in [5.74, 6) is -1.56. The average molecular weight is 535 g/mol. The van der Waals surface area contributed by atoms with Crippen molar-refractivity contribution in [2.75, 3.05) is 28.4 Å². The van der Waals surface area contributed by atoms with Crippen LogP contribution >= 0.6 is 0 Å². The lowest BCUT2D eigenvalue weighted by atomic mass is 9.82. The Morgan fingerprint density at radius 1 is 0.718 bits per heavy atom. The topological polar surface area (TPSA) is 149 Å². The summed E-state index contributed by atoms with van der Waals surface area (Å²) in [6.07, 6.45) is -1.54. The molecule has 0 spiro atoms. The minimum atomic E-state index is -1.80. The van der Waals surface area contributed by atoms with Crippen LogP contribution in [-0.4, -0.2) is 49.5 Å². The number of hydrogen-bond donors (Lipinski definition) is 3. The van der Waals surface area contributed by atoms with Crippen LogP contribution in [0.5, 0.6) is 34.5 Å². The van der Waals surface area contributed by atoms with Crippen molar-refractivity contribution in [2.24, 2.45) is 0 Å². The lowest BCUT2D eigenvalue weighted by molar-refractivity contribution is -0.125. The summed E-state index contributed by atoms with van der Waals surface area (Å²) < 4.78 is 22.2. The number of Topliss-reactive ketones (excluding diaryl/α,β-unsaturated/α-hetero) is 1. The standard InChI is InChI=1S/C29H26O10/c1-7-11-16-21-17(26(34)28(11)38-5)12(31)8-14(36-3)19(21)20-15(37-4)9-13(32)18-23(20)22(16)24(25(33)10(2)30)29(39-6)27(18)35/h8-9,25,31-33H,7H2,1-6H3. The number of phenols is 2. The van der Waals surface area contributed by atoms with E-state index in [0.29, 0.717) is 16.3 Å². The van der Waals surface area contributed by atoms with Gasteiger partial charge in [-0.3, -0.25) is 14.4 Å². The average Bonchev–Trinajstić information content (AvgIpc) is 2.91. The Labute approximate surface area is 221 Å². The van der Waals surface area contributed by atoms with Crippen LogP contribution in [0.1, 0.15) is 31.1 Å². The third-order valence-electron chi connectivity index (χ3n) is 7.36. The van der Waals surface area contributed by atoms with Crippen molar-refractivity contribution < 1.29 is 39.1 Å². The van der Waals surface area contributed by atoms with Crippen LogP contribution < -0.4 is 29.8 Å². The molecule has 0 radical (unpaired) electrons. The molecule has 0 amide bonds. The smallest absolute Gasteiger partial charge is 0.232 e. The summed E-state index contributed by atoms with van der Waals surface area (Å²) in [6, 6.07) is 2.54. The summed E-state index contributed by atoms with van der Waals surface area (Å²) >= 11 is 0. The maximum absolute atomic E-state index is 13.8. The van der Waals surface area contributed by atoms with Crippen LogP contribution in [0.3, 0.4) is 0 Å². The molecule has 0 aliphatic rings. The van der Waals surface area contributed by atoms with Gasteiger partial charge in [0.1, 0.15) is 29.1 Å². The van der Waals surface area contributed by atoms with Gasteiger partial charge in [-0.15, -0.1) is 0 Å². The molecule has 0 aliphatic heterocycles. The monoisotopic (exact) mass is 534 g/mol. The van der Waals surface area contributed by atoms with Gasteiger partial charge in [0.25, 0.3) is 0 Å². The second-order valence-corrected chi connectivity index (χ2v) is 9.18. The maximum atomic E-state index is 13.8. The first kappa shape index (κ1) is 26.1. The summed E-state index contributed by atoms with van der Waals surface area (Å²) in [4.78, 5) is 40.0. The number of benzene rings is 5. The first-order chi connectivity index (χ1) is 18.6. The Bertz CT molecular complexity index is 1940. The van der Waals surface area contributed by atoms with E-state index in [-0.39, 0.29) is 73.0 Å². The fraction of sp³-hybridized carbons (Fsp3) is 0.276. The van der Waals surface area contributed by atoms with Crippen molar-refractivity contribution in [1.82, 2.24) is 0 Å². The van der Waals surface area contributed by atoms with Gasteiger partial charge in [-0.1, -0.05) is 6.92 Å². The fourth-order valence-corrected chi connectivity index (χ4v) is 5.82. The van der Waals surface area contributed by atoms with E-state index in [0.717, 1.165) is 0 Å². The first-order valence-electron chi connectivity index (χ1n) is 12.1. The number of ether oxygens (including phenoxy) is 4. The fourth-order valence-electron chi connectivity index (χ4n) is 5.82. The summed E-state index contributed by atoms with van der Waals surface area (Å²) in [6.45, 7) is 2.95. The Balaban J connectivity index is 2.43. The molecule has 10 nitrogen and oxygen atoms in total. The van der Waals surface area contributed by atoms with E-state index in [1.807, 2.05) is 0 Å². The van der Waals surface area contributed by atoms with Gasteiger partial charge in [0.2, 0.25) is 10.9 Å². The molecular weight excluding hydrogens is 508 g/mol. The largest absolute Gasteiger partial charge is 0.507 e. The van der Waals surface area contributed by atoms with Crippen molar-refractivity contribution in [3.63, 3.8) is 0 Å². The number of aromatic hydroxyl groups is 2. The molecule has 1 atom stereocenters. The Morgan fingerprint density at radius 3 is 1.59 bits per heavy atom. The molecular formula is C29H26O10. The van der Waals surface area contributed by atoms with Crippen LogP contribution in [0.15, 0.2) is 21.7 Å². The van der Waals surface area contributed by atoms with Crippen LogP contribution in [-0.2, 0) is 11.2 Å². The van der Waals surface area contributed by atoms with Crippen molar-refractivity contribution in [3.05, 3.63) is 43.7 Å². The number of fused-ring (bicyclic) bond motifs is 2. The van der Waals surface area contributed by atoms with E-state index in [9.17, 15) is 29.7 Å². The quantitative estimate of drug-likeness (QED) is 0.209. The molecule has 0 aromatic heterocycles. The molecule has 1 unspecified atom stereocenters. The van der Waals surface area contributed by atoms with Crippen molar-refractivity contribution in [2.45, 2.75) is 26.4 Å². The SMILES string of the molecule is CCc1c(OC)c(=O)c2c(O)cc(OC)c3c4c(OC)cc(O)c5c(=O)c(OC)c(C(O)C(C)=O)c(c1c23)c54. The zero-order chi connectivity index (χ0) is 28.5. The Hall–Kier alpha value is -4.57. The highest BCUT2D eigenvalue weighted by atomic mass is 16.5. The van der Waals surface area contributed by atoms with Crippen molar-refractivity contribution in [1.29, 1.82) is 0 Å². The molecule has 0 saturated heterocycles. The Morgan fingerprint density at radius 2 is 1.18 bits per heavy atom. The van der Waals surface area contributed by atoms with Crippen molar-refractivity contribution in [3.8, 4) is 34.5 Å².